The number of hydrogen-bond acceptors (Lipinski definition) is 2. The third kappa shape index (κ3) is 1.98. The maximum atomic E-state index is 12.6. The van der Waals surface area contributed by atoms with E-state index in [9.17, 15) is 18.3 Å². The largest absolute Gasteiger partial charge is 0.422 e. The molecule has 0 saturated heterocycles. The third-order valence-corrected chi connectivity index (χ3v) is 2.36. The lowest BCUT2D eigenvalue weighted by atomic mass is 9.90. The molecule has 0 fully saturated rings. The zero-order chi connectivity index (χ0) is 11.7. The van der Waals surface area contributed by atoms with E-state index in [-0.39, 0.29) is 5.56 Å². The zero-order valence-corrected chi connectivity index (χ0v) is 8.17. The Morgan fingerprint density at radius 1 is 1.27 bits per heavy atom. The standard InChI is InChI=1S/C10H12F3NO/c1-7-4-2-3-5-8(7)9(15,6-14)10(11,12)13/h2-5,15H,6,14H2,1H3. The molecule has 1 unspecified atom stereocenters. The Morgan fingerprint density at radius 2 is 1.80 bits per heavy atom. The van der Waals surface area contributed by atoms with Crippen LogP contribution in [0.25, 0.3) is 0 Å². The monoisotopic (exact) mass is 219 g/mol. The van der Waals surface area contributed by atoms with Crippen molar-refractivity contribution in [3.05, 3.63) is 35.4 Å². The number of hydrogen-bond donors (Lipinski definition) is 2. The summed E-state index contributed by atoms with van der Waals surface area (Å²) in [6.07, 6.45) is -4.77. The Bertz CT molecular complexity index is 351. The fourth-order valence-electron chi connectivity index (χ4n) is 1.42. The molecule has 0 radical (unpaired) electrons. The molecule has 1 atom stereocenters. The summed E-state index contributed by atoms with van der Waals surface area (Å²) in [6.45, 7) is 0.614. The van der Waals surface area contributed by atoms with Gasteiger partial charge in [-0.3, -0.25) is 0 Å². The zero-order valence-electron chi connectivity index (χ0n) is 8.17. The second kappa shape index (κ2) is 3.83. The van der Waals surface area contributed by atoms with E-state index >= 15 is 0 Å². The number of rotatable bonds is 2. The fourth-order valence-corrected chi connectivity index (χ4v) is 1.42. The van der Waals surface area contributed by atoms with Crippen LogP contribution in [0.1, 0.15) is 11.1 Å². The SMILES string of the molecule is Cc1ccccc1C(O)(CN)C(F)(F)F. The Labute approximate surface area is 85.5 Å². The van der Waals surface area contributed by atoms with Crippen LogP contribution in [0.15, 0.2) is 24.3 Å². The van der Waals surface area contributed by atoms with E-state index in [2.05, 4.69) is 0 Å². The summed E-state index contributed by atoms with van der Waals surface area (Å²) in [5.41, 5.74) is 2.23. The Kier molecular flexibility index (Phi) is 3.06. The van der Waals surface area contributed by atoms with Gasteiger partial charge in [0.1, 0.15) is 0 Å². The second-order valence-electron chi connectivity index (χ2n) is 3.38. The van der Waals surface area contributed by atoms with Crippen LogP contribution in [0, 0.1) is 6.92 Å². The summed E-state index contributed by atoms with van der Waals surface area (Å²) < 4.78 is 37.9. The number of aryl methyl sites for hydroxylation is 1. The third-order valence-electron chi connectivity index (χ3n) is 2.36. The van der Waals surface area contributed by atoms with E-state index in [1.165, 1.54) is 25.1 Å². The summed E-state index contributed by atoms with van der Waals surface area (Å²) in [5, 5.41) is 9.56. The van der Waals surface area contributed by atoms with E-state index in [0.29, 0.717) is 5.56 Å². The summed E-state index contributed by atoms with van der Waals surface area (Å²) in [7, 11) is 0. The van der Waals surface area contributed by atoms with Crippen LogP contribution >= 0.6 is 0 Å². The average molecular weight is 219 g/mol. The van der Waals surface area contributed by atoms with Crippen LogP contribution in [0.3, 0.4) is 0 Å². The van der Waals surface area contributed by atoms with Crippen molar-refractivity contribution in [1.29, 1.82) is 0 Å². The summed E-state index contributed by atoms with van der Waals surface area (Å²) in [6, 6.07) is 5.78. The van der Waals surface area contributed by atoms with E-state index in [1.54, 1.807) is 6.07 Å². The van der Waals surface area contributed by atoms with Crippen molar-refractivity contribution in [2.75, 3.05) is 6.54 Å². The molecule has 1 aromatic carbocycles. The molecule has 1 aromatic rings. The summed E-state index contributed by atoms with van der Waals surface area (Å²) in [5.74, 6) is 0. The first kappa shape index (κ1) is 12.0. The average Bonchev–Trinajstić information content (AvgIpc) is 2.15. The van der Waals surface area contributed by atoms with Crippen LogP contribution in [-0.2, 0) is 5.60 Å². The predicted molar refractivity (Wildman–Crippen MR) is 50.2 cm³/mol. The normalized spacial score (nSPS) is 16.1. The van der Waals surface area contributed by atoms with Gasteiger partial charge in [0.05, 0.1) is 0 Å². The molecule has 3 N–H and O–H groups in total. The summed E-state index contributed by atoms with van der Waals surface area (Å²) in [4.78, 5) is 0. The van der Waals surface area contributed by atoms with E-state index < -0.39 is 18.3 Å². The maximum absolute atomic E-state index is 12.6. The lowest BCUT2D eigenvalue weighted by Crippen LogP contribution is -2.48. The molecule has 1 rings (SSSR count). The van der Waals surface area contributed by atoms with Crippen LogP contribution in [-0.4, -0.2) is 17.8 Å². The Balaban J connectivity index is 3.30. The molecule has 2 nitrogen and oxygen atoms in total. The van der Waals surface area contributed by atoms with Crippen LogP contribution < -0.4 is 5.73 Å². The quantitative estimate of drug-likeness (QED) is 0.795. The first-order chi connectivity index (χ1) is 6.83. The molecular weight excluding hydrogens is 207 g/mol. The number of alkyl halides is 3. The topological polar surface area (TPSA) is 46.2 Å². The molecular formula is C10H12F3NO. The van der Waals surface area contributed by atoms with Gasteiger partial charge < -0.3 is 10.8 Å². The highest BCUT2D eigenvalue weighted by atomic mass is 19.4. The van der Waals surface area contributed by atoms with Crippen LogP contribution in [0.4, 0.5) is 13.2 Å². The predicted octanol–water partition coefficient (Wildman–Crippen LogP) is 1.70. The molecule has 15 heavy (non-hydrogen) atoms. The number of benzene rings is 1. The highest BCUT2D eigenvalue weighted by molar-refractivity contribution is 5.32. The van der Waals surface area contributed by atoms with Gasteiger partial charge >= 0.3 is 6.18 Å². The van der Waals surface area contributed by atoms with Crippen molar-refractivity contribution in [3.63, 3.8) is 0 Å². The van der Waals surface area contributed by atoms with Crippen molar-refractivity contribution in [3.8, 4) is 0 Å². The van der Waals surface area contributed by atoms with Gasteiger partial charge in [-0.05, 0) is 18.1 Å². The molecule has 0 spiro atoms. The Morgan fingerprint density at radius 3 is 2.20 bits per heavy atom. The van der Waals surface area contributed by atoms with Crippen molar-refractivity contribution >= 4 is 0 Å². The molecule has 5 heteroatoms. The first-order valence-electron chi connectivity index (χ1n) is 4.38. The van der Waals surface area contributed by atoms with Crippen molar-refractivity contribution in [2.24, 2.45) is 5.73 Å². The maximum Gasteiger partial charge on any atom is 0.422 e. The van der Waals surface area contributed by atoms with E-state index in [0.717, 1.165) is 0 Å². The minimum Gasteiger partial charge on any atom is -0.375 e. The lowest BCUT2D eigenvalue weighted by Gasteiger charge is -2.30. The lowest BCUT2D eigenvalue weighted by molar-refractivity contribution is -0.262. The van der Waals surface area contributed by atoms with Gasteiger partial charge in [-0.25, -0.2) is 0 Å². The molecule has 0 aromatic heterocycles. The minimum atomic E-state index is -4.77. The van der Waals surface area contributed by atoms with Crippen LogP contribution in [0.5, 0.6) is 0 Å². The molecule has 84 valence electrons. The van der Waals surface area contributed by atoms with Gasteiger partial charge in [0.15, 0.2) is 5.60 Å². The first-order valence-corrected chi connectivity index (χ1v) is 4.38. The van der Waals surface area contributed by atoms with Gasteiger partial charge in [0.25, 0.3) is 0 Å². The molecule has 0 aliphatic carbocycles. The van der Waals surface area contributed by atoms with Gasteiger partial charge in [0.2, 0.25) is 0 Å². The van der Waals surface area contributed by atoms with E-state index in [1.807, 2.05) is 0 Å². The van der Waals surface area contributed by atoms with Gasteiger partial charge in [-0.1, -0.05) is 24.3 Å². The smallest absolute Gasteiger partial charge is 0.375 e. The number of aliphatic hydroxyl groups is 1. The Hall–Kier alpha value is -1.07. The summed E-state index contributed by atoms with van der Waals surface area (Å²) >= 11 is 0. The fraction of sp³-hybridized carbons (Fsp3) is 0.400. The molecule has 0 saturated carbocycles. The number of nitrogens with two attached hydrogens (primary N) is 1. The van der Waals surface area contributed by atoms with E-state index in [4.69, 9.17) is 5.73 Å². The second-order valence-corrected chi connectivity index (χ2v) is 3.38. The van der Waals surface area contributed by atoms with Crippen molar-refractivity contribution in [1.82, 2.24) is 0 Å². The minimum absolute atomic E-state index is 0.194. The molecule has 0 aliphatic rings. The molecule has 0 aliphatic heterocycles. The van der Waals surface area contributed by atoms with Crippen LogP contribution in [0.2, 0.25) is 0 Å². The highest BCUT2D eigenvalue weighted by Gasteiger charge is 2.54. The molecule has 0 amide bonds. The van der Waals surface area contributed by atoms with Crippen molar-refractivity contribution < 1.29 is 18.3 Å². The highest BCUT2D eigenvalue weighted by Crippen LogP contribution is 2.39. The van der Waals surface area contributed by atoms with Crippen molar-refractivity contribution in [2.45, 2.75) is 18.7 Å². The number of halogens is 3. The molecule has 0 heterocycles. The molecule has 0 bridgehead atoms. The van der Waals surface area contributed by atoms with Gasteiger partial charge in [-0.2, -0.15) is 13.2 Å². The van der Waals surface area contributed by atoms with Gasteiger partial charge in [-0.15, -0.1) is 0 Å². The van der Waals surface area contributed by atoms with Gasteiger partial charge in [0, 0.05) is 6.54 Å².